The van der Waals surface area contributed by atoms with Crippen molar-refractivity contribution < 1.29 is 17.4 Å². The summed E-state index contributed by atoms with van der Waals surface area (Å²) in [4.78, 5) is 0. The molecular formula is C63H129Cr. The van der Waals surface area contributed by atoms with Gasteiger partial charge in [-0.3, -0.25) is 0 Å². The third-order valence-corrected chi connectivity index (χ3v) is 15.3. The van der Waals surface area contributed by atoms with Gasteiger partial charge < -0.3 is 19.3 Å². The number of hydrogen-bond donors (Lipinski definition) is 0. The van der Waals surface area contributed by atoms with Crippen molar-refractivity contribution in [3.05, 3.63) is 19.3 Å². The van der Waals surface area contributed by atoms with Gasteiger partial charge in [0.2, 0.25) is 0 Å². The van der Waals surface area contributed by atoms with Gasteiger partial charge in [0.1, 0.15) is 0 Å². The van der Waals surface area contributed by atoms with E-state index >= 15 is 0 Å². The van der Waals surface area contributed by atoms with Crippen molar-refractivity contribution in [2.45, 2.75) is 356 Å². The largest absolute Gasteiger partial charge is 3.00 e. The van der Waals surface area contributed by atoms with Crippen LogP contribution in [0.1, 0.15) is 356 Å². The Morgan fingerprint density at radius 1 is 0.156 bits per heavy atom. The third kappa shape index (κ3) is 28.9. The van der Waals surface area contributed by atoms with Crippen LogP contribution in [0.25, 0.3) is 0 Å². The average Bonchev–Trinajstić information content (AvgIpc) is 3.20. The fourth-order valence-corrected chi connectivity index (χ4v) is 14.5. The molecule has 0 aliphatic carbocycles. The normalized spacial score (nSPS) is 12.7. The summed E-state index contributed by atoms with van der Waals surface area (Å²) in [6, 6.07) is 0. The van der Waals surface area contributed by atoms with Crippen molar-refractivity contribution >= 4 is 0 Å². The van der Waals surface area contributed by atoms with Gasteiger partial charge in [0.05, 0.1) is 0 Å². The van der Waals surface area contributed by atoms with Crippen molar-refractivity contribution in [2.75, 3.05) is 0 Å². The Bertz CT molecular complexity index is 637. The Hall–Kier alpha value is 0.532. The van der Waals surface area contributed by atoms with Crippen LogP contribution in [0.5, 0.6) is 0 Å². The zero-order valence-corrected chi connectivity index (χ0v) is 49.9. The first-order valence-electron chi connectivity index (χ1n) is 29.8. The third-order valence-electron chi connectivity index (χ3n) is 15.3. The molecule has 0 amide bonds. The quantitative estimate of drug-likeness (QED) is 0.0535. The van der Waals surface area contributed by atoms with E-state index < -0.39 is 0 Å². The molecule has 1 radical (unpaired) electrons. The SMILES string of the molecule is CCCC([CH-]C(CCC)(CCC)CCC)(CCC)CCC.CCCC([CH-]C(CCC)(CCC)CCC)(CCC)CCC.CCCC([CH-]C(CCC)(CCC)CCC)(CCC)CCC.[Cr+3]. The van der Waals surface area contributed by atoms with E-state index in [0.29, 0.717) is 32.5 Å². The van der Waals surface area contributed by atoms with Crippen molar-refractivity contribution in [1.29, 1.82) is 0 Å². The number of rotatable bonds is 42. The standard InChI is InChI=1S/3C21H43.Cr/c3*1-7-13-20(14-8-2,15-9-3)19-21(16-10-4,17-11-5)18-12-6;/h3*19H,7-18H2,1-6H3;/q3*-1;+3. The van der Waals surface area contributed by atoms with Gasteiger partial charge in [-0.25, -0.2) is 0 Å². The van der Waals surface area contributed by atoms with Gasteiger partial charge in [-0.05, 0) is 0 Å². The second-order valence-corrected chi connectivity index (χ2v) is 22.1. The zero-order chi connectivity index (χ0) is 48.6. The molecule has 0 unspecified atom stereocenters. The molecule has 64 heavy (non-hydrogen) atoms. The minimum atomic E-state index is 0. The van der Waals surface area contributed by atoms with Crippen LogP contribution in [0.15, 0.2) is 0 Å². The van der Waals surface area contributed by atoms with Crippen LogP contribution in [0.4, 0.5) is 0 Å². The maximum Gasteiger partial charge on any atom is 3.00 e. The molecule has 0 aliphatic heterocycles. The topological polar surface area (TPSA) is 0 Å². The van der Waals surface area contributed by atoms with Gasteiger partial charge in [-0.1, -0.05) is 356 Å². The predicted molar refractivity (Wildman–Crippen MR) is 296 cm³/mol. The van der Waals surface area contributed by atoms with Gasteiger partial charge in [-0.2, -0.15) is 32.5 Å². The molecule has 0 aromatic heterocycles. The summed E-state index contributed by atoms with van der Waals surface area (Å²) in [6.07, 6.45) is 57.8. The minimum Gasteiger partial charge on any atom is -0.316 e. The van der Waals surface area contributed by atoms with Gasteiger partial charge in [-0.15, -0.1) is 0 Å². The monoisotopic (exact) mass is 938 g/mol. The Balaban J connectivity index is -0.000000419. The van der Waals surface area contributed by atoms with Crippen LogP contribution in [-0.2, 0) is 17.4 Å². The fourth-order valence-electron chi connectivity index (χ4n) is 14.5. The Morgan fingerprint density at radius 2 is 0.219 bits per heavy atom. The zero-order valence-electron chi connectivity index (χ0n) is 48.6. The van der Waals surface area contributed by atoms with E-state index in [9.17, 15) is 0 Å². The van der Waals surface area contributed by atoms with Crippen LogP contribution >= 0.6 is 0 Å². The Kier molecular flexibility index (Phi) is 48.4. The smallest absolute Gasteiger partial charge is 0.316 e. The van der Waals surface area contributed by atoms with Crippen LogP contribution in [0.2, 0.25) is 0 Å². The predicted octanol–water partition coefficient (Wildman–Crippen LogP) is 23.9. The van der Waals surface area contributed by atoms with Crippen molar-refractivity contribution in [1.82, 2.24) is 0 Å². The fraction of sp³-hybridized carbons (Fsp3) is 0.952. The van der Waals surface area contributed by atoms with Gasteiger partial charge in [0.15, 0.2) is 0 Å². The maximum atomic E-state index is 2.90. The van der Waals surface area contributed by atoms with Crippen molar-refractivity contribution in [3.63, 3.8) is 0 Å². The Morgan fingerprint density at radius 3 is 0.266 bits per heavy atom. The van der Waals surface area contributed by atoms with E-state index in [-0.39, 0.29) is 17.4 Å². The molecule has 0 aromatic rings. The maximum absolute atomic E-state index is 2.90. The second-order valence-electron chi connectivity index (χ2n) is 22.1. The second kappa shape index (κ2) is 43.5. The molecular weight excluding hydrogens is 809 g/mol. The molecule has 0 saturated carbocycles. The van der Waals surface area contributed by atoms with E-state index in [1.165, 1.54) is 231 Å². The molecule has 0 atom stereocenters. The Labute approximate surface area is 422 Å². The molecule has 0 N–H and O–H groups in total. The molecule has 0 aromatic carbocycles. The molecule has 0 saturated heterocycles. The summed E-state index contributed by atoms with van der Waals surface area (Å²) in [6.45, 7) is 42.7. The molecule has 0 rings (SSSR count). The van der Waals surface area contributed by atoms with Crippen molar-refractivity contribution in [3.8, 4) is 0 Å². The molecule has 0 nitrogen and oxygen atoms in total. The van der Waals surface area contributed by atoms with E-state index in [4.69, 9.17) is 0 Å². The van der Waals surface area contributed by atoms with Crippen LogP contribution in [-0.4, -0.2) is 0 Å². The average molecular weight is 939 g/mol. The van der Waals surface area contributed by atoms with E-state index in [1.54, 1.807) is 0 Å². The van der Waals surface area contributed by atoms with E-state index in [0.717, 1.165) is 0 Å². The van der Waals surface area contributed by atoms with Crippen molar-refractivity contribution in [2.24, 2.45) is 32.5 Å². The first-order chi connectivity index (χ1) is 30.2. The molecule has 0 heterocycles. The first kappa shape index (κ1) is 71.1. The summed E-state index contributed by atoms with van der Waals surface area (Å²) >= 11 is 0. The summed E-state index contributed by atoms with van der Waals surface area (Å²) in [5.41, 5.74) is 3.07. The van der Waals surface area contributed by atoms with Crippen LogP contribution < -0.4 is 0 Å². The van der Waals surface area contributed by atoms with E-state index in [2.05, 4.69) is 144 Å². The first-order valence-corrected chi connectivity index (χ1v) is 29.8. The summed E-state index contributed by atoms with van der Waals surface area (Å²) in [7, 11) is 0. The molecule has 0 aliphatic rings. The summed E-state index contributed by atoms with van der Waals surface area (Å²) < 4.78 is 0. The van der Waals surface area contributed by atoms with E-state index in [1.807, 2.05) is 0 Å². The summed E-state index contributed by atoms with van der Waals surface area (Å²) in [5.74, 6) is 0. The van der Waals surface area contributed by atoms with Gasteiger partial charge in [0, 0.05) is 0 Å². The van der Waals surface area contributed by atoms with Gasteiger partial charge in [0.25, 0.3) is 0 Å². The van der Waals surface area contributed by atoms with Crippen LogP contribution in [0.3, 0.4) is 0 Å². The van der Waals surface area contributed by atoms with Crippen LogP contribution in [0, 0.1) is 51.8 Å². The molecule has 387 valence electrons. The van der Waals surface area contributed by atoms with Gasteiger partial charge >= 0.3 is 17.4 Å². The molecule has 0 fully saturated rings. The molecule has 0 bridgehead atoms. The summed E-state index contributed by atoms with van der Waals surface area (Å²) in [5, 5.41) is 0. The number of hydrogen-bond acceptors (Lipinski definition) is 0. The molecule has 0 spiro atoms. The minimum absolute atomic E-state index is 0. The molecule has 1 heteroatoms.